The Hall–Kier alpha value is -2.16. The minimum Gasteiger partial charge on any atom is -0.311 e. The van der Waals surface area contributed by atoms with Crippen LogP contribution in [0, 0.1) is 0 Å². The molecule has 0 radical (unpaired) electrons. The molecular formula is C21H24N2O. The summed E-state index contributed by atoms with van der Waals surface area (Å²) in [5, 5.41) is 0. The lowest BCUT2D eigenvalue weighted by atomic mass is 9.81. The molecule has 0 N–H and O–H groups in total. The highest BCUT2D eigenvalue weighted by Crippen LogP contribution is 2.50. The van der Waals surface area contributed by atoms with Crippen molar-refractivity contribution in [3.63, 3.8) is 0 Å². The van der Waals surface area contributed by atoms with Crippen LogP contribution in [0.3, 0.4) is 0 Å². The first-order chi connectivity index (χ1) is 11.8. The number of aryl methyl sites for hydroxylation is 1. The fourth-order valence-electron chi connectivity index (χ4n) is 4.43. The Bertz CT molecular complexity index is 720. The smallest absolute Gasteiger partial charge is 0.227 e. The number of amides is 1. The first-order valence-corrected chi connectivity index (χ1v) is 9.08. The quantitative estimate of drug-likeness (QED) is 0.843. The van der Waals surface area contributed by atoms with Crippen molar-refractivity contribution >= 4 is 11.6 Å². The van der Waals surface area contributed by atoms with Crippen LogP contribution in [0.2, 0.25) is 0 Å². The van der Waals surface area contributed by atoms with E-state index >= 15 is 0 Å². The topological polar surface area (TPSA) is 33.2 Å². The summed E-state index contributed by atoms with van der Waals surface area (Å²) in [4.78, 5) is 19.2. The van der Waals surface area contributed by atoms with Gasteiger partial charge in [-0.15, -0.1) is 0 Å². The van der Waals surface area contributed by atoms with E-state index in [1.54, 1.807) is 0 Å². The Kier molecular flexibility index (Phi) is 4.09. The van der Waals surface area contributed by atoms with Gasteiger partial charge in [0.25, 0.3) is 0 Å². The van der Waals surface area contributed by atoms with E-state index in [1.165, 1.54) is 31.2 Å². The van der Waals surface area contributed by atoms with Gasteiger partial charge in [-0.2, -0.15) is 0 Å². The molecule has 1 aliphatic heterocycles. The van der Waals surface area contributed by atoms with Crippen molar-refractivity contribution in [1.82, 2.24) is 4.98 Å². The van der Waals surface area contributed by atoms with Crippen LogP contribution in [0.1, 0.15) is 49.8 Å². The second kappa shape index (κ2) is 6.39. The number of benzene rings is 1. The molecule has 3 nitrogen and oxygen atoms in total. The Morgan fingerprint density at radius 1 is 1.08 bits per heavy atom. The first kappa shape index (κ1) is 15.4. The molecule has 1 aromatic heterocycles. The molecular weight excluding hydrogens is 296 g/mol. The Labute approximate surface area is 143 Å². The fourth-order valence-corrected chi connectivity index (χ4v) is 4.43. The zero-order valence-corrected chi connectivity index (χ0v) is 14.1. The Balaban J connectivity index is 1.45. The number of carbonyl (C=O) groups excluding carboxylic acids is 1. The molecule has 24 heavy (non-hydrogen) atoms. The Morgan fingerprint density at radius 2 is 1.88 bits per heavy atom. The van der Waals surface area contributed by atoms with Gasteiger partial charge in [0.2, 0.25) is 5.91 Å². The average molecular weight is 320 g/mol. The summed E-state index contributed by atoms with van der Waals surface area (Å²) in [6.45, 7) is 0.884. The van der Waals surface area contributed by atoms with E-state index in [9.17, 15) is 4.79 Å². The summed E-state index contributed by atoms with van der Waals surface area (Å²) in [6, 6.07) is 14.5. The molecule has 1 aliphatic carbocycles. The van der Waals surface area contributed by atoms with Crippen molar-refractivity contribution in [3.8, 4) is 0 Å². The number of rotatable bonds is 4. The van der Waals surface area contributed by atoms with Crippen molar-refractivity contribution in [2.45, 2.75) is 50.4 Å². The summed E-state index contributed by atoms with van der Waals surface area (Å²) >= 11 is 0. The highest BCUT2D eigenvalue weighted by atomic mass is 16.2. The average Bonchev–Trinajstić information content (AvgIpc) is 3.23. The van der Waals surface area contributed by atoms with Crippen LogP contribution in [0.15, 0.2) is 48.7 Å². The number of fused-ring (bicyclic) bond motifs is 2. The van der Waals surface area contributed by atoms with Gasteiger partial charge in [-0.05, 0) is 49.4 Å². The van der Waals surface area contributed by atoms with Crippen LogP contribution < -0.4 is 4.90 Å². The largest absolute Gasteiger partial charge is 0.311 e. The third-order valence-electron chi connectivity index (χ3n) is 5.64. The SMILES string of the molecule is O=C(CCCc1ccccn1)N1CC2(CCCC2)c2ccccc21. The number of pyridine rings is 1. The molecule has 1 fully saturated rings. The molecule has 1 spiro atoms. The van der Waals surface area contributed by atoms with Gasteiger partial charge in [0, 0.05) is 36.0 Å². The summed E-state index contributed by atoms with van der Waals surface area (Å²) in [6.07, 6.45) is 9.17. The summed E-state index contributed by atoms with van der Waals surface area (Å²) in [5.41, 5.74) is 3.86. The van der Waals surface area contributed by atoms with Crippen LogP contribution in [-0.2, 0) is 16.6 Å². The third-order valence-corrected chi connectivity index (χ3v) is 5.64. The van der Waals surface area contributed by atoms with Gasteiger partial charge in [-0.3, -0.25) is 9.78 Å². The molecule has 3 heteroatoms. The number of aromatic nitrogens is 1. The molecule has 2 heterocycles. The Morgan fingerprint density at radius 3 is 2.67 bits per heavy atom. The molecule has 0 saturated heterocycles. The second-order valence-electron chi connectivity index (χ2n) is 7.16. The van der Waals surface area contributed by atoms with E-state index < -0.39 is 0 Å². The minimum atomic E-state index is 0.229. The maximum absolute atomic E-state index is 12.8. The minimum absolute atomic E-state index is 0.229. The zero-order valence-electron chi connectivity index (χ0n) is 14.1. The predicted octanol–water partition coefficient (Wildman–Crippen LogP) is 4.26. The van der Waals surface area contributed by atoms with Gasteiger partial charge in [-0.1, -0.05) is 37.1 Å². The molecule has 1 aromatic carbocycles. The predicted molar refractivity (Wildman–Crippen MR) is 96.1 cm³/mol. The molecule has 2 aliphatic rings. The standard InChI is InChI=1S/C21H24N2O/c24-20(12-7-9-17-8-3-6-15-22-17)23-16-21(13-4-5-14-21)18-10-1-2-11-19(18)23/h1-3,6,8,10-11,15H,4-5,7,9,12-14,16H2. The number of nitrogens with zero attached hydrogens (tertiary/aromatic N) is 2. The van der Waals surface area contributed by atoms with Crippen LogP contribution in [0.4, 0.5) is 5.69 Å². The van der Waals surface area contributed by atoms with Gasteiger partial charge in [0.05, 0.1) is 0 Å². The molecule has 1 saturated carbocycles. The van der Waals surface area contributed by atoms with E-state index in [0.29, 0.717) is 6.42 Å². The lowest BCUT2D eigenvalue weighted by molar-refractivity contribution is -0.118. The lowest BCUT2D eigenvalue weighted by Crippen LogP contribution is -2.35. The van der Waals surface area contributed by atoms with Gasteiger partial charge >= 0.3 is 0 Å². The number of anilines is 1. The molecule has 1 amide bonds. The third kappa shape index (κ3) is 2.72. The fraction of sp³-hybridized carbons (Fsp3) is 0.429. The summed E-state index contributed by atoms with van der Waals surface area (Å²) in [5.74, 6) is 0.266. The number of carbonyl (C=O) groups is 1. The van der Waals surface area contributed by atoms with Crippen molar-refractivity contribution in [1.29, 1.82) is 0 Å². The highest BCUT2D eigenvalue weighted by Gasteiger charge is 2.45. The van der Waals surface area contributed by atoms with E-state index in [2.05, 4.69) is 34.1 Å². The van der Waals surface area contributed by atoms with Gasteiger partial charge in [-0.25, -0.2) is 0 Å². The van der Waals surface area contributed by atoms with Crippen LogP contribution in [0.5, 0.6) is 0 Å². The molecule has 2 aromatic rings. The van der Waals surface area contributed by atoms with Crippen molar-refractivity contribution in [2.75, 3.05) is 11.4 Å². The number of hydrogen-bond acceptors (Lipinski definition) is 2. The maximum atomic E-state index is 12.8. The molecule has 0 atom stereocenters. The molecule has 0 unspecified atom stereocenters. The maximum Gasteiger partial charge on any atom is 0.227 e. The van der Waals surface area contributed by atoms with Gasteiger partial charge < -0.3 is 4.90 Å². The van der Waals surface area contributed by atoms with Crippen molar-refractivity contribution in [3.05, 3.63) is 59.9 Å². The van der Waals surface area contributed by atoms with Crippen LogP contribution in [-0.4, -0.2) is 17.4 Å². The van der Waals surface area contributed by atoms with E-state index in [-0.39, 0.29) is 11.3 Å². The van der Waals surface area contributed by atoms with Crippen LogP contribution in [0.25, 0.3) is 0 Å². The van der Waals surface area contributed by atoms with E-state index in [1.807, 2.05) is 24.4 Å². The lowest BCUT2D eigenvalue weighted by Gasteiger charge is -2.24. The van der Waals surface area contributed by atoms with Crippen molar-refractivity contribution in [2.24, 2.45) is 0 Å². The second-order valence-corrected chi connectivity index (χ2v) is 7.16. The van der Waals surface area contributed by atoms with E-state index in [4.69, 9.17) is 0 Å². The van der Waals surface area contributed by atoms with Crippen molar-refractivity contribution < 1.29 is 4.79 Å². The van der Waals surface area contributed by atoms with E-state index in [0.717, 1.165) is 30.8 Å². The highest BCUT2D eigenvalue weighted by molar-refractivity contribution is 5.96. The molecule has 4 rings (SSSR count). The summed E-state index contributed by atoms with van der Waals surface area (Å²) < 4.78 is 0. The van der Waals surface area contributed by atoms with Gasteiger partial charge in [0.15, 0.2) is 0 Å². The summed E-state index contributed by atoms with van der Waals surface area (Å²) in [7, 11) is 0. The number of hydrogen-bond donors (Lipinski definition) is 0. The molecule has 0 bridgehead atoms. The zero-order chi connectivity index (χ0) is 16.4. The molecule has 124 valence electrons. The van der Waals surface area contributed by atoms with Gasteiger partial charge in [0.1, 0.15) is 0 Å². The normalized spacial score (nSPS) is 18.1. The number of para-hydroxylation sites is 1. The van der Waals surface area contributed by atoms with Crippen LogP contribution >= 0.6 is 0 Å². The first-order valence-electron chi connectivity index (χ1n) is 9.08. The monoisotopic (exact) mass is 320 g/mol.